The van der Waals surface area contributed by atoms with Crippen LogP contribution in [0, 0.1) is 0 Å². The molecule has 0 fully saturated rings. The van der Waals surface area contributed by atoms with E-state index in [4.69, 9.17) is 16.0 Å². The van der Waals surface area contributed by atoms with E-state index in [9.17, 15) is 4.79 Å². The molecular weight excluding hydrogens is 358 g/mol. The van der Waals surface area contributed by atoms with Gasteiger partial charge in [-0.3, -0.25) is 4.79 Å². The first-order valence-corrected chi connectivity index (χ1v) is 9.14. The predicted octanol–water partition coefficient (Wildman–Crippen LogP) is 5.40. The molecule has 0 aliphatic heterocycles. The van der Waals surface area contributed by atoms with Gasteiger partial charge >= 0.3 is 0 Å². The molecule has 4 rings (SSSR count). The highest BCUT2D eigenvalue weighted by atomic mass is 35.5. The molecule has 0 saturated heterocycles. The summed E-state index contributed by atoms with van der Waals surface area (Å²) in [6, 6.07) is 24.7. The second kappa shape index (κ2) is 7.78. The van der Waals surface area contributed by atoms with Gasteiger partial charge in [-0.2, -0.15) is 0 Å². The number of nitrogens with one attached hydrogen (secondary N) is 1. The van der Waals surface area contributed by atoms with Crippen LogP contribution in [-0.2, 0) is 13.1 Å². The molecule has 1 heterocycles. The molecule has 1 aromatic heterocycles. The zero-order valence-electron chi connectivity index (χ0n) is 14.6. The lowest BCUT2D eigenvalue weighted by Crippen LogP contribution is -2.12. The van der Waals surface area contributed by atoms with Crippen molar-refractivity contribution >= 4 is 22.6 Å². The Morgan fingerprint density at radius 2 is 1.44 bits per heavy atom. The molecule has 0 atom stereocenters. The molecule has 134 valence electrons. The molecule has 0 radical (unpaired) electrons. The van der Waals surface area contributed by atoms with Crippen LogP contribution in [0.25, 0.3) is 22.3 Å². The first kappa shape index (κ1) is 17.5. The van der Waals surface area contributed by atoms with E-state index in [0.29, 0.717) is 16.7 Å². The van der Waals surface area contributed by atoms with Crippen molar-refractivity contribution in [1.29, 1.82) is 0 Å². The number of hydrogen-bond acceptors (Lipinski definition) is 3. The summed E-state index contributed by atoms with van der Waals surface area (Å²) in [5, 5.41) is 4.76. The van der Waals surface area contributed by atoms with Crippen molar-refractivity contribution < 1.29 is 4.42 Å². The minimum Gasteiger partial charge on any atom is -0.456 e. The summed E-state index contributed by atoms with van der Waals surface area (Å²) < 4.78 is 5.89. The first-order chi connectivity index (χ1) is 13.2. The molecular formula is C23H18ClNO2. The number of fused-ring (bicyclic) bond motifs is 1. The van der Waals surface area contributed by atoms with Gasteiger partial charge in [-0.05, 0) is 35.4 Å². The zero-order chi connectivity index (χ0) is 18.6. The monoisotopic (exact) mass is 375 g/mol. The van der Waals surface area contributed by atoms with Crippen LogP contribution < -0.4 is 10.7 Å². The fraction of sp³-hybridized carbons (Fsp3) is 0.0870. The Balaban J connectivity index is 1.46. The molecule has 0 amide bonds. The number of rotatable bonds is 5. The summed E-state index contributed by atoms with van der Waals surface area (Å²) in [6.07, 6.45) is 0. The van der Waals surface area contributed by atoms with Gasteiger partial charge in [-0.25, -0.2) is 0 Å². The minimum atomic E-state index is -0.0273. The van der Waals surface area contributed by atoms with Crippen LogP contribution in [0.15, 0.2) is 88.1 Å². The van der Waals surface area contributed by atoms with Crippen molar-refractivity contribution in [3.05, 3.63) is 105 Å². The molecule has 4 aromatic rings. The fourth-order valence-electron chi connectivity index (χ4n) is 2.99. The van der Waals surface area contributed by atoms with E-state index >= 15 is 0 Å². The lowest BCUT2D eigenvalue weighted by atomic mass is 10.1. The molecule has 0 saturated carbocycles. The molecule has 0 spiro atoms. The zero-order valence-corrected chi connectivity index (χ0v) is 15.4. The highest BCUT2D eigenvalue weighted by Gasteiger charge is 2.06. The van der Waals surface area contributed by atoms with Crippen LogP contribution in [0.5, 0.6) is 0 Å². The molecule has 0 unspecified atom stereocenters. The standard InChI is InChI=1S/C23H18ClNO2/c24-19-11-7-17(8-12-19)15-25-14-16-5-9-18(10-6-16)23-13-21(26)20-3-1-2-4-22(20)27-23/h1-13,25H,14-15H2. The van der Waals surface area contributed by atoms with Crippen LogP contribution in [-0.4, -0.2) is 0 Å². The average molecular weight is 376 g/mol. The van der Waals surface area contributed by atoms with Crippen molar-refractivity contribution in [2.24, 2.45) is 0 Å². The van der Waals surface area contributed by atoms with Crippen molar-refractivity contribution in [1.82, 2.24) is 5.32 Å². The van der Waals surface area contributed by atoms with E-state index < -0.39 is 0 Å². The Kier molecular flexibility index (Phi) is 5.05. The van der Waals surface area contributed by atoms with Crippen LogP contribution in [0.1, 0.15) is 11.1 Å². The number of benzene rings is 3. The third kappa shape index (κ3) is 4.11. The number of para-hydroxylation sites is 1. The molecule has 0 bridgehead atoms. The van der Waals surface area contributed by atoms with Gasteiger partial charge < -0.3 is 9.73 Å². The second-order valence-electron chi connectivity index (χ2n) is 6.40. The molecule has 27 heavy (non-hydrogen) atoms. The maximum Gasteiger partial charge on any atom is 0.193 e. The molecule has 0 aliphatic carbocycles. The summed E-state index contributed by atoms with van der Waals surface area (Å²) in [4.78, 5) is 12.3. The summed E-state index contributed by atoms with van der Waals surface area (Å²) >= 11 is 5.90. The quantitative estimate of drug-likeness (QED) is 0.507. The normalized spacial score (nSPS) is 11.0. The third-order valence-electron chi connectivity index (χ3n) is 4.44. The molecule has 3 aromatic carbocycles. The van der Waals surface area contributed by atoms with Gasteiger partial charge in [0.25, 0.3) is 0 Å². The molecule has 4 heteroatoms. The Morgan fingerprint density at radius 3 is 2.15 bits per heavy atom. The lowest BCUT2D eigenvalue weighted by Gasteiger charge is -2.07. The highest BCUT2D eigenvalue weighted by Crippen LogP contribution is 2.22. The van der Waals surface area contributed by atoms with Crippen molar-refractivity contribution in [3.8, 4) is 11.3 Å². The van der Waals surface area contributed by atoms with Gasteiger partial charge in [0.2, 0.25) is 0 Å². The third-order valence-corrected chi connectivity index (χ3v) is 4.70. The fourth-order valence-corrected chi connectivity index (χ4v) is 3.11. The van der Waals surface area contributed by atoms with Gasteiger partial charge in [-0.15, -0.1) is 0 Å². The van der Waals surface area contributed by atoms with E-state index in [1.165, 1.54) is 5.56 Å². The van der Waals surface area contributed by atoms with Gasteiger partial charge in [0.05, 0.1) is 5.39 Å². The SMILES string of the molecule is O=c1cc(-c2ccc(CNCc3ccc(Cl)cc3)cc2)oc2ccccc12. The van der Waals surface area contributed by atoms with Crippen LogP contribution in [0.2, 0.25) is 5.02 Å². The maximum atomic E-state index is 12.3. The maximum absolute atomic E-state index is 12.3. The average Bonchev–Trinajstić information content (AvgIpc) is 2.70. The van der Waals surface area contributed by atoms with Gasteiger partial charge in [0.15, 0.2) is 5.43 Å². The van der Waals surface area contributed by atoms with Crippen LogP contribution >= 0.6 is 11.6 Å². The minimum absolute atomic E-state index is 0.0273. The topological polar surface area (TPSA) is 42.2 Å². The van der Waals surface area contributed by atoms with Crippen molar-refractivity contribution in [3.63, 3.8) is 0 Å². The van der Waals surface area contributed by atoms with Gasteiger partial charge in [0, 0.05) is 29.7 Å². The summed E-state index contributed by atoms with van der Waals surface area (Å²) in [5.41, 5.74) is 3.82. The Hall–Kier alpha value is -2.88. The highest BCUT2D eigenvalue weighted by molar-refractivity contribution is 6.30. The summed E-state index contributed by atoms with van der Waals surface area (Å²) in [6.45, 7) is 1.53. The molecule has 0 aliphatic rings. The number of halogens is 1. The van der Waals surface area contributed by atoms with Crippen LogP contribution in [0.4, 0.5) is 0 Å². The lowest BCUT2D eigenvalue weighted by molar-refractivity contribution is 0.619. The predicted molar refractivity (Wildman–Crippen MR) is 110 cm³/mol. The van der Waals surface area contributed by atoms with E-state index in [0.717, 1.165) is 29.2 Å². The molecule has 3 nitrogen and oxygen atoms in total. The Labute approximate surface area is 162 Å². The second-order valence-corrected chi connectivity index (χ2v) is 6.83. The molecule has 1 N–H and O–H groups in total. The van der Waals surface area contributed by atoms with E-state index in [1.807, 2.05) is 66.7 Å². The summed E-state index contributed by atoms with van der Waals surface area (Å²) in [5.74, 6) is 0.583. The smallest absolute Gasteiger partial charge is 0.193 e. The first-order valence-electron chi connectivity index (χ1n) is 8.76. The number of hydrogen-bond donors (Lipinski definition) is 1. The van der Waals surface area contributed by atoms with Crippen molar-refractivity contribution in [2.45, 2.75) is 13.1 Å². The summed E-state index contributed by atoms with van der Waals surface area (Å²) in [7, 11) is 0. The van der Waals surface area contributed by atoms with E-state index in [2.05, 4.69) is 5.32 Å². The largest absolute Gasteiger partial charge is 0.456 e. The van der Waals surface area contributed by atoms with Gasteiger partial charge in [-0.1, -0.05) is 60.1 Å². The van der Waals surface area contributed by atoms with E-state index in [1.54, 1.807) is 12.1 Å². The Bertz CT molecular complexity index is 1120. The Morgan fingerprint density at radius 1 is 0.815 bits per heavy atom. The van der Waals surface area contributed by atoms with Crippen LogP contribution in [0.3, 0.4) is 0 Å². The van der Waals surface area contributed by atoms with Crippen molar-refractivity contribution in [2.75, 3.05) is 0 Å². The van der Waals surface area contributed by atoms with E-state index in [-0.39, 0.29) is 5.43 Å². The van der Waals surface area contributed by atoms with Gasteiger partial charge in [0.1, 0.15) is 11.3 Å².